The molecular weight excluding hydrogens is 288 g/mol. The van der Waals surface area contributed by atoms with E-state index in [9.17, 15) is 12.9 Å². The van der Waals surface area contributed by atoms with Crippen molar-refractivity contribution in [2.75, 3.05) is 0 Å². The number of halogens is 3. The molecule has 0 unspecified atom stereocenters. The minimum Gasteiger partial charge on any atom is -0.444 e. The molecular formula is C16H11BF3N2-. The van der Waals surface area contributed by atoms with E-state index in [1.165, 1.54) is 0 Å². The van der Waals surface area contributed by atoms with Gasteiger partial charge < -0.3 is 12.9 Å². The van der Waals surface area contributed by atoms with E-state index in [0.29, 0.717) is 11.1 Å². The van der Waals surface area contributed by atoms with Crippen molar-refractivity contribution >= 4 is 12.6 Å². The molecule has 3 aromatic rings. The minimum atomic E-state index is -5.19. The standard InChI is InChI=1S/C16H11BF3N2/c18-17(19,20)15-11-14(12-7-3-1-4-8-12)21-16(22-15)13-9-5-2-6-10-13/h1-11H/q-1. The van der Waals surface area contributed by atoms with Gasteiger partial charge in [-0.3, -0.25) is 4.98 Å². The highest BCUT2D eigenvalue weighted by Gasteiger charge is 2.29. The van der Waals surface area contributed by atoms with Crippen LogP contribution in [0.1, 0.15) is 0 Å². The van der Waals surface area contributed by atoms with Crippen LogP contribution in [0.4, 0.5) is 12.9 Å². The maximum Gasteiger partial charge on any atom is 0.527 e. The fourth-order valence-corrected chi connectivity index (χ4v) is 2.11. The SMILES string of the molecule is F[B-](F)(F)c1cc(-c2ccccc2)nc(-c2ccccc2)n1. The Morgan fingerprint density at radius 2 is 1.23 bits per heavy atom. The van der Waals surface area contributed by atoms with Gasteiger partial charge in [-0.25, -0.2) is 4.98 Å². The van der Waals surface area contributed by atoms with E-state index in [1.807, 2.05) is 0 Å². The molecule has 1 heterocycles. The predicted octanol–water partition coefficient (Wildman–Crippen LogP) is 3.87. The number of hydrogen-bond donors (Lipinski definition) is 0. The van der Waals surface area contributed by atoms with E-state index < -0.39 is 12.6 Å². The Balaban J connectivity index is 2.19. The Morgan fingerprint density at radius 3 is 1.77 bits per heavy atom. The zero-order valence-electron chi connectivity index (χ0n) is 11.5. The monoisotopic (exact) mass is 299 g/mol. The maximum atomic E-state index is 13.2. The highest BCUT2D eigenvalue weighted by atomic mass is 19.4. The van der Waals surface area contributed by atoms with Crippen LogP contribution in [0.15, 0.2) is 66.7 Å². The zero-order chi connectivity index (χ0) is 15.6. The van der Waals surface area contributed by atoms with Crippen molar-refractivity contribution in [3.63, 3.8) is 0 Å². The summed E-state index contributed by atoms with van der Waals surface area (Å²) in [4.78, 5) is 7.98. The third kappa shape index (κ3) is 3.00. The molecule has 0 N–H and O–H groups in total. The van der Waals surface area contributed by atoms with Crippen molar-refractivity contribution in [1.82, 2.24) is 9.97 Å². The highest BCUT2D eigenvalue weighted by Crippen LogP contribution is 2.21. The third-order valence-electron chi connectivity index (χ3n) is 3.18. The molecule has 2 nitrogen and oxygen atoms in total. The normalized spacial score (nSPS) is 11.4. The molecule has 3 rings (SSSR count). The summed E-state index contributed by atoms with van der Waals surface area (Å²) in [5, 5.41) is 0. The molecule has 2 aromatic carbocycles. The lowest BCUT2D eigenvalue weighted by atomic mass is 9.85. The van der Waals surface area contributed by atoms with E-state index in [4.69, 9.17) is 0 Å². The van der Waals surface area contributed by atoms with Crippen LogP contribution in [0.3, 0.4) is 0 Å². The average molecular weight is 299 g/mol. The van der Waals surface area contributed by atoms with Crippen molar-refractivity contribution in [1.29, 1.82) is 0 Å². The molecule has 0 atom stereocenters. The van der Waals surface area contributed by atoms with Crippen molar-refractivity contribution < 1.29 is 12.9 Å². The Labute approximate surface area is 125 Å². The van der Waals surface area contributed by atoms with Crippen LogP contribution in [0.2, 0.25) is 0 Å². The zero-order valence-corrected chi connectivity index (χ0v) is 11.5. The molecule has 0 bridgehead atoms. The van der Waals surface area contributed by atoms with E-state index >= 15 is 0 Å². The number of aromatic nitrogens is 2. The van der Waals surface area contributed by atoms with Crippen LogP contribution < -0.4 is 5.59 Å². The fourth-order valence-electron chi connectivity index (χ4n) is 2.11. The van der Waals surface area contributed by atoms with Gasteiger partial charge in [0.25, 0.3) is 0 Å². The first-order chi connectivity index (χ1) is 10.5. The molecule has 1 aromatic heterocycles. The van der Waals surface area contributed by atoms with Crippen LogP contribution >= 0.6 is 0 Å². The number of nitrogens with zero attached hydrogens (tertiary/aromatic N) is 2. The van der Waals surface area contributed by atoms with E-state index in [2.05, 4.69) is 9.97 Å². The van der Waals surface area contributed by atoms with Gasteiger partial charge in [0, 0.05) is 11.1 Å². The molecule has 0 aliphatic rings. The van der Waals surface area contributed by atoms with E-state index in [-0.39, 0.29) is 11.5 Å². The van der Waals surface area contributed by atoms with Gasteiger partial charge in [-0.05, 0) is 11.7 Å². The number of benzene rings is 2. The second-order valence-electron chi connectivity index (χ2n) is 4.81. The molecule has 0 aliphatic heterocycles. The van der Waals surface area contributed by atoms with Gasteiger partial charge in [0.1, 0.15) is 0 Å². The molecule has 0 saturated heterocycles. The molecule has 0 amide bonds. The number of rotatable bonds is 3. The van der Waals surface area contributed by atoms with E-state index in [0.717, 1.165) is 6.07 Å². The topological polar surface area (TPSA) is 25.8 Å². The first-order valence-corrected chi connectivity index (χ1v) is 6.74. The molecule has 0 saturated carbocycles. The molecule has 6 heteroatoms. The lowest BCUT2D eigenvalue weighted by Crippen LogP contribution is -2.37. The lowest BCUT2D eigenvalue weighted by Gasteiger charge is -2.16. The second-order valence-corrected chi connectivity index (χ2v) is 4.81. The summed E-state index contributed by atoms with van der Waals surface area (Å²) in [7, 11) is 0. The van der Waals surface area contributed by atoms with Gasteiger partial charge >= 0.3 is 6.98 Å². The highest BCUT2D eigenvalue weighted by molar-refractivity contribution is 6.72. The minimum absolute atomic E-state index is 0.0798. The van der Waals surface area contributed by atoms with E-state index in [1.54, 1.807) is 60.7 Å². The Morgan fingerprint density at radius 1 is 0.682 bits per heavy atom. The molecule has 0 aliphatic carbocycles. The average Bonchev–Trinajstić information content (AvgIpc) is 2.55. The first kappa shape index (κ1) is 14.3. The summed E-state index contributed by atoms with van der Waals surface area (Å²) in [6.45, 7) is -5.19. The summed E-state index contributed by atoms with van der Waals surface area (Å²) in [6, 6.07) is 18.4. The summed E-state index contributed by atoms with van der Waals surface area (Å²) in [6.07, 6.45) is 0. The summed E-state index contributed by atoms with van der Waals surface area (Å²) < 4.78 is 39.5. The molecule has 110 valence electrons. The lowest BCUT2D eigenvalue weighted by molar-refractivity contribution is 0.498. The van der Waals surface area contributed by atoms with Gasteiger partial charge in [0.2, 0.25) is 0 Å². The summed E-state index contributed by atoms with van der Waals surface area (Å²) in [5.41, 5.74) is 0.571. The van der Waals surface area contributed by atoms with Crippen LogP contribution in [0.25, 0.3) is 22.6 Å². The van der Waals surface area contributed by atoms with Gasteiger partial charge in [0.05, 0.1) is 5.69 Å². The number of hydrogen-bond acceptors (Lipinski definition) is 2. The molecule has 22 heavy (non-hydrogen) atoms. The molecule has 0 fully saturated rings. The van der Waals surface area contributed by atoms with Crippen LogP contribution in [0.5, 0.6) is 0 Å². The Kier molecular flexibility index (Phi) is 3.67. The quantitative estimate of drug-likeness (QED) is 0.686. The Hall–Kier alpha value is -2.63. The van der Waals surface area contributed by atoms with Crippen LogP contribution in [-0.2, 0) is 0 Å². The van der Waals surface area contributed by atoms with Gasteiger partial charge in [-0.2, -0.15) is 0 Å². The summed E-state index contributed by atoms with van der Waals surface area (Å²) in [5.74, 6) is 0.0798. The van der Waals surface area contributed by atoms with Crippen LogP contribution in [0, 0.1) is 0 Å². The Bertz CT molecular complexity index is 717. The largest absolute Gasteiger partial charge is 0.527 e. The summed E-state index contributed by atoms with van der Waals surface area (Å²) >= 11 is 0. The maximum absolute atomic E-state index is 13.2. The molecule has 0 radical (unpaired) electrons. The fraction of sp³-hybridized carbons (Fsp3) is 0. The van der Waals surface area contributed by atoms with Crippen molar-refractivity contribution in [3.05, 3.63) is 66.7 Å². The van der Waals surface area contributed by atoms with Crippen molar-refractivity contribution in [3.8, 4) is 22.6 Å². The predicted molar refractivity (Wildman–Crippen MR) is 81.6 cm³/mol. The molecule has 0 spiro atoms. The van der Waals surface area contributed by atoms with Gasteiger partial charge in [0.15, 0.2) is 5.82 Å². The van der Waals surface area contributed by atoms with Crippen LogP contribution in [-0.4, -0.2) is 16.9 Å². The van der Waals surface area contributed by atoms with Gasteiger partial charge in [-0.1, -0.05) is 60.7 Å². The van der Waals surface area contributed by atoms with Crippen molar-refractivity contribution in [2.24, 2.45) is 0 Å². The third-order valence-corrected chi connectivity index (χ3v) is 3.18. The van der Waals surface area contributed by atoms with Gasteiger partial charge in [-0.15, -0.1) is 0 Å². The second kappa shape index (κ2) is 5.64. The van der Waals surface area contributed by atoms with Crippen molar-refractivity contribution in [2.45, 2.75) is 0 Å². The first-order valence-electron chi connectivity index (χ1n) is 6.74. The smallest absolute Gasteiger partial charge is 0.444 e.